The van der Waals surface area contributed by atoms with E-state index in [1.54, 1.807) is 27.7 Å². The van der Waals surface area contributed by atoms with Crippen LogP contribution in [0, 0.1) is 6.92 Å². The first-order valence-electron chi connectivity index (χ1n) is 10.3. The van der Waals surface area contributed by atoms with E-state index in [4.69, 9.17) is 11.6 Å². The number of anilines is 1. The molecule has 0 aliphatic carbocycles. The largest absolute Gasteiger partial charge is 0.288 e. The molecule has 0 saturated carbocycles. The summed E-state index contributed by atoms with van der Waals surface area (Å²) in [6.07, 6.45) is 5.02. The van der Waals surface area contributed by atoms with Gasteiger partial charge >= 0.3 is 0 Å². The van der Waals surface area contributed by atoms with Gasteiger partial charge < -0.3 is 0 Å². The maximum atomic E-state index is 12.8. The molecule has 1 N–H and O–H groups in total. The lowest BCUT2D eigenvalue weighted by Gasteiger charge is -2.04. The van der Waals surface area contributed by atoms with Gasteiger partial charge in [0.15, 0.2) is 11.3 Å². The van der Waals surface area contributed by atoms with Gasteiger partial charge in [0.05, 0.1) is 18.4 Å². The molecule has 5 aromatic rings. The van der Waals surface area contributed by atoms with Gasteiger partial charge in [-0.1, -0.05) is 29.8 Å². The SMILES string of the molecule is CCn1ncc(-c2ccnc3cc(C(=O)Nc4ncn(Cc5ccccc5Cl)n4)nn23)c1C. The highest BCUT2D eigenvalue weighted by Gasteiger charge is 2.18. The van der Waals surface area contributed by atoms with E-state index in [9.17, 15) is 4.79 Å². The van der Waals surface area contributed by atoms with Gasteiger partial charge in [-0.05, 0) is 31.5 Å². The second-order valence-corrected chi connectivity index (χ2v) is 7.81. The first kappa shape index (κ1) is 20.8. The number of carbonyl (C=O) groups is 1. The molecule has 0 aliphatic rings. The number of fused-ring (bicyclic) bond motifs is 1. The third-order valence-electron chi connectivity index (χ3n) is 5.32. The van der Waals surface area contributed by atoms with Crippen molar-refractivity contribution in [2.75, 3.05) is 5.32 Å². The Balaban J connectivity index is 1.38. The van der Waals surface area contributed by atoms with Crippen LogP contribution in [0.5, 0.6) is 0 Å². The third-order valence-corrected chi connectivity index (χ3v) is 5.69. The molecule has 0 saturated heterocycles. The smallest absolute Gasteiger partial charge is 0.278 e. The second kappa shape index (κ2) is 8.47. The van der Waals surface area contributed by atoms with Crippen LogP contribution >= 0.6 is 11.6 Å². The zero-order chi connectivity index (χ0) is 22.9. The minimum atomic E-state index is -0.428. The van der Waals surface area contributed by atoms with E-state index < -0.39 is 5.91 Å². The summed E-state index contributed by atoms with van der Waals surface area (Å²) < 4.78 is 5.15. The van der Waals surface area contributed by atoms with Crippen molar-refractivity contribution in [2.24, 2.45) is 0 Å². The Kier molecular flexibility index (Phi) is 5.35. The standard InChI is InChI=1S/C22H20ClN9O/c1-3-31-14(2)16(11-26-31)19-8-9-24-20-10-18(28-32(19)20)21(33)27-22-25-13-30(29-22)12-15-6-4-5-7-17(15)23/h4-11,13H,3,12H2,1-2H3,(H,27,29,33). The highest BCUT2D eigenvalue weighted by molar-refractivity contribution is 6.31. The van der Waals surface area contributed by atoms with Crippen molar-refractivity contribution in [3.05, 3.63) is 77.1 Å². The quantitative estimate of drug-likeness (QED) is 0.415. The van der Waals surface area contributed by atoms with Crippen LogP contribution in [0.25, 0.3) is 16.9 Å². The van der Waals surface area contributed by atoms with Gasteiger partial charge in [-0.15, -0.1) is 5.10 Å². The number of nitrogens with one attached hydrogen (secondary N) is 1. The van der Waals surface area contributed by atoms with Crippen LogP contribution in [0.4, 0.5) is 5.95 Å². The number of carbonyl (C=O) groups excluding carboxylic acids is 1. The third kappa shape index (κ3) is 3.96. The van der Waals surface area contributed by atoms with Crippen molar-refractivity contribution in [2.45, 2.75) is 26.9 Å². The topological polar surface area (TPSA) is 108 Å². The predicted molar refractivity (Wildman–Crippen MR) is 123 cm³/mol. The van der Waals surface area contributed by atoms with Crippen LogP contribution in [0.15, 0.2) is 55.1 Å². The molecule has 166 valence electrons. The van der Waals surface area contributed by atoms with Crippen molar-refractivity contribution in [1.82, 2.24) is 39.1 Å². The maximum absolute atomic E-state index is 12.8. The first-order chi connectivity index (χ1) is 16.0. The number of hydrogen-bond donors (Lipinski definition) is 1. The zero-order valence-electron chi connectivity index (χ0n) is 18.0. The lowest BCUT2D eigenvalue weighted by atomic mass is 10.2. The molecule has 11 heteroatoms. The molecule has 33 heavy (non-hydrogen) atoms. The van der Waals surface area contributed by atoms with Crippen molar-refractivity contribution in [3.8, 4) is 11.3 Å². The van der Waals surface area contributed by atoms with Crippen molar-refractivity contribution >= 4 is 29.1 Å². The summed E-state index contributed by atoms with van der Waals surface area (Å²) in [5.74, 6) is -0.250. The molecule has 0 unspecified atom stereocenters. The maximum Gasteiger partial charge on any atom is 0.278 e. The average Bonchev–Trinajstić information content (AvgIpc) is 3.53. The molecular formula is C22H20ClN9O. The van der Waals surface area contributed by atoms with Crippen molar-refractivity contribution in [3.63, 3.8) is 0 Å². The highest BCUT2D eigenvalue weighted by Crippen LogP contribution is 2.23. The summed E-state index contributed by atoms with van der Waals surface area (Å²) >= 11 is 6.21. The molecule has 5 rings (SSSR count). The van der Waals surface area contributed by atoms with Crippen LogP contribution in [0.3, 0.4) is 0 Å². The Bertz CT molecular complexity index is 1470. The normalized spacial score (nSPS) is 11.2. The molecular weight excluding hydrogens is 442 g/mol. The van der Waals surface area contributed by atoms with E-state index in [-0.39, 0.29) is 11.6 Å². The predicted octanol–water partition coefficient (Wildman–Crippen LogP) is 3.47. The Morgan fingerprint density at radius 1 is 1.15 bits per heavy atom. The van der Waals surface area contributed by atoms with E-state index in [1.165, 1.54) is 6.33 Å². The fourth-order valence-electron chi connectivity index (χ4n) is 3.62. The Morgan fingerprint density at radius 3 is 2.79 bits per heavy atom. The second-order valence-electron chi connectivity index (χ2n) is 7.40. The molecule has 4 heterocycles. The number of rotatable bonds is 6. The van der Waals surface area contributed by atoms with Crippen molar-refractivity contribution in [1.29, 1.82) is 0 Å². The summed E-state index contributed by atoms with van der Waals surface area (Å²) in [7, 11) is 0. The Labute approximate surface area is 193 Å². The average molecular weight is 462 g/mol. The van der Waals surface area contributed by atoms with E-state index in [2.05, 4.69) is 30.6 Å². The van der Waals surface area contributed by atoms with E-state index in [1.807, 2.05) is 48.9 Å². The van der Waals surface area contributed by atoms with Crippen LogP contribution in [-0.2, 0) is 13.1 Å². The molecule has 4 aromatic heterocycles. The summed E-state index contributed by atoms with van der Waals surface area (Å²) in [4.78, 5) is 21.3. The zero-order valence-corrected chi connectivity index (χ0v) is 18.7. The molecule has 0 atom stereocenters. The number of aryl methyl sites for hydroxylation is 1. The molecule has 1 aromatic carbocycles. The van der Waals surface area contributed by atoms with E-state index >= 15 is 0 Å². The fourth-order valence-corrected chi connectivity index (χ4v) is 3.82. The molecule has 1 amide bonds. The Hall–Kier alpha value is -4.05. The minimum absolute atomic E-state index is 0.178. The van der Waals surface area contributed by atoms with Crippen LogP contribution < -0.4 is 5.32 Å². The summed E-state index contributed by atoms with van der Waals surface area (Å²) in [6, 6.07) is 11.0. The Morgan fingerprint density at radius 2 is 2.00 bits per heavy atom. The molecule has 10 nitrogen and oxygen atoms in total. The minimum Gasteiger partial charge on any atom is -0.288 e. The van der Waals surface area contributed by atoms with Gasteiger partial charge in [-0.2, -0.15) is 10.2 Å². The van der Waals surface area contributed by atoms with Crippen molar-refractivity contribution < 1.29 is 4.79 Å². The van der Waals surface area contributed by atoms with Crippen LogP contribution in [0.1, 0.15) is 28.7 Å². The van der Waals surface area contributed by atoms with Crippen LogP contribution in [0.2, 0.25) is 5.02 Å². The molecule has 0 aliphatic heterocycles. The van der Waals surface area contributed by atoms with Gasteiger partial charge in [0.1, 0.15) is 6.33 Å². The lowest BCUT2D eigenvalue weighted by molar-refractivity contribution is 0.102. The summed E-state index contributed by atoms with van der Waals surface area (Å²) in [5, 5.41) is 16.5. The number of aromatic nitrogens is 8. The first-order valence-corrected chi connectivity index (χ1v) is 10.7. The summed E-state index contributed by atoms with van der Waals surface area (Å²) in [6.45, 7) is 5.24. The number of nitrogens with zero attached hydrogens (tertiary/aromatic N) is 8. The fraction of sp³-hybridized carbons (Fsp3) is 0.182. The van der Waals surface area contributed by atoms with Gasteiger partial charge in [0.2, 0.25) is 5.95 Å². The van der Waals surface area contributed by atoms with Gasteiger partial charge in [0.25, 0.3) is 5.91 Å². The number of amides is 1. The van der Waals surface area contributed by atoms with Crippen LogP contribution in [-0.4, -0.2) is 45.1 Å². The van der Waals surface area contributed by atoms with Gasteiger partial charge in [-0.25, -0.2) is 19.2 Å². The van der Waals surface area contributed by atoms with E-state index in [0.29, 0.717) is 17.2 Å². The molecule has 0 bridgehead atoms. The number of hydrogen-bond acceptors (Lipinski definition) is 6. The lowest BCUT2D eigenvalue weighted by Crippen LogP contribution is -2.14. The van der Waals surface area contributed by atoms with Gasteiger partial charge in [0, 0.05) is 35.1 Å². The molecule has 0 fully saturated rings. The molecule has 0 radical (unpaired) electrons. The number of benzene rings is 1. The highest BCUT2D eigenvalue weighted by atomic mass is 35.5. The number of halogens is 1. The molecule has 0 spiro atoms. The summed E-state index contributed by atoms with van der Waals surface area (Å²) in [5.41, 5.74) is 4.41. The van der Waals surface area contributed by atoms with Gasteiger partial charge in [-0.3, -0.25) is 14.8 Å². The monoisotopic (exact) mass is 461 g/mol. The van der Waals surface area contributed by atoms with E-state index in [0.717, 1.165) is 29.1 Å².